The summed E-state index contributed by atoms with van der Waals surface area (Å²) in [5.41, 5.74) is 6.01. The lowest BCUT2D eigenvalue weighted by molar-refractivity contribution is 0.386. The Hall–Kier alpha value is -1.51. The van der Waals surface area contributed by atoms with Crippen molar-refractivity contribution in [1.29, 1.82) is 0 Å². The number of nitrogens with two attached hydrogens (primary N) is 1. The van der Waals surface area contributed by atoms with Crippen LogP contribution in [0.25, 0.3) is 0 Å². The Morgan fingerprint density at radius 3 is 2.33 bits per heavy atom. The summed E-state index contributed by atoms with van der Waals surface area (Å²) >= 11 is 0. The molecule has 0 saturated heterocycles. The first-order chi connectivity index (χ1) is 9.81. The zero-order valence-electron chi connectivity index (χ0n) is 12.8. The first-order valence-electron chi connectivity index (χ1n) is 6.47. The molecule has 120 valence electrons. The predicted molar refractivity (Wildman–Crippen MR) is 82.3 cm³/mol. The average Bonchev–Trinajstić information content (AvgIpc) is 2.43. The van der Waals surface area contributed by atoms with Gasteiger partial charge in [0, 0.05) is 12.6 Å². The predicted octanol–water partition coefficient (Wildman–Crippen LogP) is 0.516. The summed E-state index contributed by atoms with van der Waals surface area (Å²) in [4.78, 5) is 1.99. The fourth-order valence-corrected chi connectivity index (χ4v) is 3.04. The second-order valence-corrected chi connectivity index (χ2v) is 6.53. The SMILES string of the molecule is COc1cc(OC)c(S(=O)(=O)NCCCN(C)C)cc1N. The maximum Gasteiger partial charge on any atom is 0.244 e. The van der Waals surface area contributed by atoms with Crippen molar-refractivity contribution in [3.05, 3.63) is 12.1 Å². The number of hydrogen-bond acceptors (Lipinski definition) is 6. The van der Waals surface area contributed by atoms with Crippen molar-refractivity contribution in [1.82, 2.24) is 9.62 Å². The van der Waals surface area contributed by atoms with E-state index in [0.717, 1.165) is 6.54 Å². The van der Waals surface area contributed by atoms with E-state index in [4.69, 9.17) is 15.2 Å². The quantitative estimate of drug-likeness (QED) is 0.536. The molecular formula is C13H23N3O4S. The van der Waals surface area contributed by atoms with Gasteiger partial charge in [-0.2, -0.15) is 0 Å². The van der Waals surface area contributed by atoms with Gasteiger partial charge >= 0.3 is 0 Å². The van der Waals surface area contributed by atoms with Crippen LogP contribution in [0.1, 0.15) is 6.42 Å². The van der Waals surface area contributed by atoms with Crippen LogP contribution in [-0.2, 0) is 10.0 Å². The van der Waals surface area contributed by atoms with E-state index in [1.807, 2.05) is 19.0 Å². The van der Waals surface area contributed by atoms with Gasteiger partial charge in [0.15, 0.2) is 0 Å². The Kier molecular flexibility index (Phi) is 6.25. The van der Waals surface area contributed by atoms with E-state index in [1.54, 1.807) is 0 Å². The van der Waals surface area contributed by atoms with Crippen LogP contribution in [0.15, 0.2) is 17.0 Å². The van der Waals surface area contributed by atoms with Gasteiger partial charge in [-0.15, -0.1) is 0 Å². The Balaban J connectivity index is 2.94. The molecule has 3 N–H and O–H groups in total. The summed E-state index contributed by atoms with van der Waals surface area (Å²) < 4.78 is 37.3. The maximum absolute atomic E-state index is 12.3. The third kappa shape index (κ3) is 4.76. The second-order valence-electron chi connectivity index (χ2n) is 4.80. The van der Waals surface area contributed by atoms with E-state index in [9.17, 15) is 8.42 Å². The number of nitrogen functional groups attached to an aromatic ring is 1. The molecule has 8 heteroatoms. The third-order valence-electron chi connectivity index (χ3n) is 2.88. The summed E-state index contributed by atoms with van der Waals surface area (Å²) in [6.45, 7) is 1.14. The number of nitrogens with zero attached hydrogens (tertiary/aromatic N) is 1. The molecule has 0 unspecified atom stereocenters. The molecule has 1 aromatic rings. The number of ether oxygens (including phenoxy) is 2. The second kappa shape index (κ2) is 7.48. The number of sulfonamides is 1. The first-order valence-corrected chi connectivity index (χ1v) is 7.96. The summed E-state index contributed by atoms with van der Waals surface area (Å²) in [7, 11) is 3.04. The Morgan fingerprint density at radius 2 is 1.81 bits per heavy atom. The van der Waals surface area contributed by atoms with Gasteiger partial charge in [0.25, 0.3) is 0 Å². The molecule has 0 radical (unpaired) electrons. The van der Waals surface area contributed by atoms with Gasteiger partial charge in [0.1, 0.15) is 16.4 Å². The van der Waals surface area contributed by atoms with Crippen molar-refractivity contribution in [2.24, 2.45) is 0 Å². The molecule has 0 bridgehead atoms. The summed E-state index contributed by atoms with van der Waals surface area (Å²) in [5.74, 6) is 0.569. The third-order valence-corrected chi connectivity index (χ3v) is 4.36. The van der Waals surface area contributed by atoms with Crippen molar-refractivity contribution >= 4 is 15.7 Å². The number of hydrogen-bond donors (Lipinski definition) is 2. The summed E-state index contributed by atoms with van der Waals surface area (Å²) in [6.07, 6.45) is 0.709. The molecule has 21 heavy (non-hydrogen) atoms. The van der Waals surface area contributed by atoms with Crippen LogP contribution < -0.4 is 19.9 Å². The summed E-state index contributed by atoms with van der Waals surface area (Å²) in [6, 6.07) is 2.80. The van der Waals surface area contributed by atoms with Crippen molar-refractivity contribution in [3.8, 4) is 11.5 Å². The first kappa shape index (κ1) is 17.5. The molecule has 0 saturated carbocycles. The molecule has 1 rings (SSSR count). The molecule has 0 aliphatic rings. The number of anilines is 1. The van der Waals surface area contributed by atoms with Crippen LogP contribution >= 0.6 is 0 Å². The van der Waals surface area contributed by atoms with Gasteiger partial charge in [0.2, 0.25) is 10.0 Å². The highest BCUT2D eigenvalue weighted by Crippen LogP contribution is 2.33. The van der Waals surface area contributed by atoms with Crippen LogP contribution in [0.5, 0.6) is 11.5 Å². The lowest BCUT2D eigenvalue weighted by atomic mass is 10.3. The van der Waals surface area contributed by atoms with E-state index >= 15 is 0 Å². The van der Waals surface area contributed by atoms with Crippen molar-refractivity contribution in [3.63, 3.8) is 0 Å². The fraction of sp³-hybridized carbons (Fsp3) is 0.538. The van der Waals surface area contributed by atoms with Crippen molar-refractivity contribution < 1.29 is 17.9 Å². The van der Waals surface area contributed by atoms with Crippen LogP contribution in [0.2, 0.25) is 0 Å². The molecular weight excluding hydrogens is 294 g/mol. The molecule has 0 aliphatic heterocycles. The molecule has 1 aromatic carbocycles. The lowest BCUT2D eigenvalue weighted by Gasteiger charge is -2.14. The normalized spacial score (nSPS) is 11.7. The Morgan fingerprint density at radius 1 is 1.19 bits per heavy atom. The van der Waals surface area contributed by atoms with Gasteiger partial charge < -0.3 is 20.1 Å². The molecule has 7 nitrogen and oxygen atoms in total. The van der Waals surface area contributed by atoms with Crippen molar-refractivity contribution in [2.75, 3.05) is 47.1 Å². The van der Waals surface area contributed by atoms with E-state index < -0.39 is 10.0 Å². The van der Waals surface area contributed by atoms with Crippen LogP contribution in [-0.4, -0.2) is 54.7 Å². The van der Waals surface area contributed by atoms with Crippen molar-refractivity contribution in [2.45, 2.75) is 11.3 Å². The molecule has 0 aromatic heterocycles. The molecule has 0 spiro atoms. The molecule has 0 aliphatic carbocycles. The number of methoxy groups -OCH3 is 2. The van der Waals surface area contributed by atoms with Gasteiger partial charge in [-0.3, -0.25) is 0 Å². The standard InChI is InChI=1S/C13H23N3O4S/c1-16(2)7-5-6-15-21(17,18)13-8-10(14)11(19-3)9-12(13)20-4/h8-9,15H,5-7,14H2,1-4H3. The van der Waals surface area contributed by atoms with Gasteiger partial charge in [0.05, 0.1) is 19.9 Å². The van der Waals surface area contributed by atoms with Gasteiger partial charge in [-0.05, 0) is 33.1 Å². The lowest BCUT2D eigenvalue weighted by Crippen LogP contribution is -2.27. The van der Waals surface area contributed by atoms with Gasteiger partial charge in [-0.1, -0.05) is 0 Å². The Bertz CT molecular complexity index is 573. The molecule has 0 atom stereocenters. The van der Waals surface area contributed by atoms with E-state index in [0.29, 0.717) is 18.7 Å². The molecule has 0 heterocycles. The fourth-order valence-electron chi connectivity index (χ4n) is 1.78. The minimum atomic E-state index is -3.68. The monoisotopic (exact) mass is 317 g/mol. The number of benzene rings is 1. The highest BCUT2D eigenvalue weighted by atomic mass is 32.2. The van der Waals surface area contributed by atoms with E-state index in [-0.39, 0.29) is 16.3 Å². The minimum absolute atomic E-state index is 0.00755. The van der Waals surface area contributed by atoms with E-state index in [2.05, 4.69) is 4.72 Å². The van der Waals surface area contributed by atoms with Crippen LogP contribution in [0, 0.1) is 0 Å². The zero-order valence-corrected chi connectivity index (χ0v) is 13.7. The van der Waals surface area contributed by atoms with E-state index in [1.165, 1.54) is 26.4 Å². The van der Waals surface area contributed by atoms with Crippen LogP contribution in [0.3, 0.4) is 0 Å². The topological polar surface area (TPSA) is 93.9 Å². The maximum atomic E-state index is 12.3. The highest BCUT2D eigenvalue weighted by molar-refractivity contribution is 7.89. The Labute approximate surface area is 126 Å². The number of nitrogens with one attached hydrogen (secondary N) is 1. The molecule has 0 fully saturated rings. The average molecular weight is 317 g/mol. The minimum Gasteiger partial charge on any atom is -0.495 e. The zero-order chi connectivity index (χ0) is 16.0. The van der Waals surface area contributed by atoms with Crippen LogP contribution in [0.4, 0.5) is 5.69 Å². The molecule has 0 amide bonds. The smallest absolute Gasteiger partial charge is 0.244 e. The summed E-state index contributed by atoms with van der Waals surface area (Å²) in [5, 5.41) is 0. The highest BCUT2D eigenvalue weighted by Gasteiger charge is 2.21. The number of rotatable bonds is 8. The van der Waals surface area contributed by atoms with Gasteiger partial charge in [-0.25, -0.2) is 13.1 Å². The largest absolute Gasteiger partial charge is 0.495 e.